The predicted molar refractivity (Wildman–Crippen MR) is 130 cm³/mol. The molecule has 0 aliphatic heterocycles. The molecule has 0 fully saturated rings. The molecule has 158 valence electrons. The quantitative estimate of drug-likeness (QED) is 0.221. The summed E-state index contributed by atoms with van der Waals surface area (Å²) < 4.78 is 9.21. The lowest BCUT2D eigenvalue weighted by molar-refractivity contribution is 0.309. The first-order valence-electron chi connectivity index (χ1n) is 10.5. The zero-order valence-corrected chi connectivity index (χ0v) is 18.6. The zero-order chi connectivity index (χ0) is 21.5. The van der Waals surface area contributed by atoms with E-state index in [9.17, 15) is 0 Å². The summed E-state index contributed by atoms with van der Waals surface area (Å²) in [5.74, 6) is 2.20. The highest BCUT2D eigenvalue weighted by Crippen LogP contribution is 2.30. The van der Waals surface area contributed by atoms with Gasteiger partial charge in [0.15, 0.2) is 11.6 Å². The Labute approximate surface area is 187 Å². The summed E-state index contributed by atoms with van der Waals surface area (Å²) in [6.45, 7) is 4.96. The van der Waals surface area contributed by atoms with Gasteiger partial charge in [-0.15, -0.1) is 0 Å². The molecule has 2 N–H and O–H groups in total. The summed E-state index contributed by atoms with van der Waals surface area (Å²) in [7, 11) is 0. The lowest BCUT2D eigenvalue weighted by atomic mass is 10.2. The number of benzene rings is 3. The third-order valence-corrected chi connectivity index (χ3v) is 5.52. The van der Waals surface area contributed by atoms with Crippen molar-refractivity contribution in [3.8, 4) is 5.75 Å². The second-order valence-electron chi connectivity index (χ2n) is 7.28. The summed E-state index contributed by atoms with van der Waals surface area (Å²) in [6.07, 6.45) is 2.15. The maximum absolute atomic E-state index is 5.84. The van der Waals surface area contributed by atoms with Crippen LogP contribution in [0.4, 0.5) is 17.3 Å². The Morgan fingerprint density at radius 3 is 2.35 bits per heavy atom. The largest absolute Gasteiger partial charge is 0.494 e. The Morgan fingerprint density at radius 1 is 0.871 bits per heavy atom. The molecule has 6 heteroatoms. The van der Waals surface area contributed by atoms with Gasteiger partial charge in [-0.25, -0.2) is 9.97 Å². The number of hydrogen-bond donors (Lipinski definition) is 2. The number of aryl methyl sites for hydroxylation is 1. The van der Waals surface area contributed by atoms with Gasteiger partial charge < -0.3 is 14.8 Å². The standard InChI is InChI=1S/C25H26N4OS/c1-3-4-16-30-20-9-7-8-19(17-20)26-24-25(28-23-11-6-5-10-22(23)27-24)29-31-21-14-12-18(2)13-15-21/h5-15,17H,3-4,16H2,1-2H3,(H,26,27)(H,28,29). The van der Waals surface area contributed by atoms with Crippen molar-refractivity contribution in [2.24, 2.45) is 0 Å². The molecule has 31 heavy (non-hydrogen) atoms. The van der Waals surface area contributed by atoms with Gasteiger partial charge in [0.2, 0.25) is 0 Å². The Bertz CT molecular complexity index is 1150. The van der Waals surface area contributed by atoms with Crippen molar-refractivity contribution in [3.05, 3.63) is 78.4 Å². The maximum atomic E-state index is 5.84. The van der Waals surface area contributed by atoms with E-state index in [1.807, 2.05) is 48.5 Å². The van der Waals surface area contributed by atoms with Crippen LogP contribution in [0.2, 0.25) is 0 Å². The van der Waals surface area contributed by atoms with Crippen molar-refractivity contribution in [2.45, 2.75) is 31.6 Å². The fraction of sp³-hybridized carbons (Fsp3) is 0.200. The van der Waals surface area contributed by atoms with Gasteiger partial charge in [-0.3, -0.25) is 0 Å². The van der Waals surface area contributed by atoms with E-state index in [0.29, 0.717) is 11.6 Å². The molecule has 0 bridgehead atoms. The minimum absolute atomic E-state index is 0.670. The average molecular weight is 431 g/mol. The summed E-state index contributed by atoms with van der Waals surface area (Å²) >= 11 is 1.52. The average Bonchev–Trinajstić information content (AvgIpc) is 2.79. The van der Waals surface area contributed by atoms with Crippen molar-refractivity contribution in [3.63, 3.8) is 0 Å². The molecule has 3 aromatic carbocycles. The van der Waals surface area contributed by atoms with E-state index >= 15 is 0 Å². The molecular formula is C25H26N4OS. The molecule has 0 atom stereocenters. The van der Waals surface area contributed by atoms with Crippen LogP contribution in [0, 0.1) is 6.92 Å². The number of nitrogens with one attached hydrogen (secondary N) is 2. The fourth-order valence-electron chi connectivity index (χ4n) is 3.01. The molecule has 0 saturated carbocycles. The van der Waals surface area contributed by atoms with Gasteiger partial charge in [-0.2, -0.15) is 0 Å². The molecule has 4 aromatic rings. The summed E-state index contributed by atoms with van der Waals surface area (Å²) in [5, 5.41) is 3.41. The van der Waals surface area contributed by atoms with E-state index in [2.05, 4.69) is 48.2 Å². The molecule has 0 radical (unpaired) electrons. The summed E-state index contributed by atoms with van der Waals surface area (Å²) in [6, 6.07) is 24.2. The van der Waals surface area contributed by atoms with E-state index < -0.39 is 0 Å². The number of fused-ring (bicyclic) bond motifs is 1. The molecule has 0 aliphatic rings. The summed E-state index contributed by atoms with van der Waals surface area (Å²) in [5.41, 5.74) is 3.82. The molecule has 1 aromatic heterocycles. The van der Waals surface area contributed by atoms with Crippen molar-refractivity contribution in [2.75, 3.05) is 16.6 Å². The van der Waals surface area contributed by atoms with E-state index in [0.717, 1.165) is 46.8 Å². The van der Waals surface area contributed by atoms with Crippen LogP contribution in [0.1, 0.15) is 25.3 Å². The van der Waals surface area contributed by atoms with Gasteiger partial charge in [-0.1, -0.05) is 49.2 Å². The van der Waals surface area contributed by atoms with Crippen molar-refractivity contribution >= 4 is 40.3 Å². The monoisotopic (exact) mass is 430 g/mol. The molecule has 5 nitrogen and oxygen atoms in total. The molecule has 0 saturated heterocycles. The molecule has 1 heterocycles. The van der Waals surface area contributed by atoms with Gasteiger partial charge in [0, 0.05) is 16.6 Å². The van der Waals surface area contributed by atoms with Crippen LogP contribution in [0.25, 0.3) is 11.0 Å². The number of anilines is 3. The number of rotatable bonds is 9. The first-order chi connectivity index (χ1) is 15.2. The first-order valence-corrected chi connectivity index (χ1v) is 11.3. The van der Waals surface area contributed by atoms with E-state index in [1.165, 1.54) is 17.5 Å². The predicted octanol–water partition coefficient (Wildman–Crippen LogP) is 6.98. The SMILES string of the molecule is CCCCOc1cccc(Nc2nc3ccccc3nc2NSc2ccc(C)cc2)c1. The van der Waals surface area contributed by atoms with Crippen LogP contribution in [0.5, 0.6) is 5.75 Å². The Balaban J connectivity index is 1.58. The number of ether oxygens (including phenoxy) is 1. The van der Waals surface area contributed by atoms with Gasteiger partial charge in [0.25, 0.3) is 0 Å². The molecular weight excluding hydrogens is 404 g/mol. The third kappa shape index (κ3) is 5.67. The second-order valence-corrected chi connectivity index (χ2v) is 8.16. The highest BCUT2D eigenvalue weighted by molar-refractivity contribution is 8.00. The number of para-hydroxylation sites is 2. The van der Waals surface area contributed by atoms with Crippen molar-refractivity contribution < 1.29 is 4.74 Å². The fourth-order valence-corrected chi connectivity index (χ4v) is 3.64. The van der Waals surface area contributed by atoms with E-state index in [1.54, 1.807) is 0 Å². The van der Waals surface area contributed by atoms with Crippen LogP contribution in [0.15, 0.2) is 77.7 Å². The first kappa shape index (κ1) is 21.0. The molecule has 0 amide bonds. The maximum Gasteiger partial charge on any atom is 0.180 e. The lowest BCUT2D eigenvalue weighted by Crippen LogP contribution is -2.03. The van der Waals surface area contributed by atoms with E-state index in [4.69, 9.17) is 14.7 Å². The Morgan fingerprint density at radius 2 is 1.61 bits per heavy atom. The number of hydrogen-bond acceptors (Lipinski definition) is 6. The Hall–Kier alpha value is -3.25. The third-order valence-electron chi connectivity index (χ3n) is 4.72. The van der Waals surface area contributed by atoms with E-state index in [-0.39, 0.29) is 0 Å². The van der Waals surface area contributed by atoms with Crippen LogP contribution in [-0.2, 0) is 0 Å². The summed E-state index contributed by atoms with van der Waals surface area (Å²) in [4.78, 5) is 10.7. The smallest absolute Gasteiger partial charge is 0.180 e. The molecule has 4 rings (SSSR count). The number of nitrogens with zero attached hydrogens (tertiary/aromatic N) is 2. The molecule has 0 unspecified atom stereocenters. The molecule has 0 aliphatic carbocycles. The zero-order valence-electron chi connectivity index (χ0n) is 17.8. The van der Waals surface area contributed by atoms with Gasteiger partial charge in [-0.05, 0) is 61.7 Å². The van der Waals surface area contributed by atoms with Crippen molar-refractivity contribution in [1.82, 2.24) is 9.97 Å². The Kier molecular flexibility index (Phi) is 6.89. The minimum atomic E-state index is 0.670. The van der Waals surface area contributed by atoms with Gasteiger partial charge >= 0.3 is 0 Å². The highest BCUT2D eigenvalue weighted by Gasteiger charge is 2.10. The highest BCUT2D eigenvalue weighted by atomic mass is 32.2. The second kappa shape index (κ2) is 10.2. The topological polar surface area (TPSA) is 59.1 Å². The van der Waals surface area contributed by atoms with Crippen LogP contribution in [0.3, 0.4) is 0 Å². The van der Waals surface area contributed by atoms with Crippen LogP contribution >= 0.6 is 11.9 Å². The lowest BCUT2D eigenvalue weighted by Gasteiger charge is -2.14. The van der Waals surface area contributed by atoms with Crippen molar-refractivity contribution in [1.29, 1.82) is 0 Å². The number of aromatic nitrogens is 2. The van der Waals surface area contributed by atoms with Crippen LogP contribution in [-0.4, -0.2) is 16.6 Å². The van der Waals surface area contributed by atoms with Crippen LogP contribution < -0.4 is 14.8 Å². The normalized spacial score (nSPS) is 10.8. The molecule has 0 spiro atoms. The van der Waals surface area contributed by atoms with Gasteiger partial charge in [0.05, 0.1) is 17.6 Å². The number of unbranched alkanes of at least 4 members (excludes halogenated alkanes) is 1. The van der Waals surface area contributed by atoms with Gasteiger partial charge in [0.1, 0.15) is 5.75 Å². The minimum Gasteiger partial charge on any atom is -0.494 e.